The Hall–Kier alpha value is -3.31. The summed E-state index contributed by atoms with van der Waals surface area (Å²) in [6.45, 7) is 2.84. The number of carbonyl (C=O) groups excluding carboxylic acids is 2. The monoisotopic (exact) mass is 910 g/mol. The van der Waals surface area contributed by atoms with Crippen molar-refractivity contribution in [3.8, 4) is 0 Å². The first-order valence-corrected chi connectivity index (χ1v) is 23.8. The van der Waals surface area contributed by atoms with Crippen LogP contribution in [0.15, 0.2) is 97.2 Å². The maximum Gasteiger partial charge on any atom is 0.472 e. The minimum Gasteiger partial charge on any atom is -0.462 e. The lowest BCUT2D eigenvalue weighted by Crippen LogP contribution is -2.64. The van der Waals surface area contributed by atoms with E-state index in [4.69, 9.17) is 18.5 Å². The largest absolute Gasteiger partial charge is 0.472 e. The van der Waals surface area contributed by atoms with Gasteiger partial charge >= 0.3 is 19.8 Å². The third-order valence-corrected chi connectivity index (χ3v) is 10.6. The zero-order chi connectivity index (χ0) is 46.7. The summed E-state index contributed by atoms with van der Waals surface area (Å²) in [6.07, 6.45) is 26.7. The van der Waals surface area contributed by atoms with Gasteiger partial charge in [0.15, 0.2) is 6.10 Å². The molecule has 0 aliphatic heterocycles. The molecule has 0 aromatic carbocycles. The zero-order valence-electron chi connectivity index (χ0n) is 37.0. The average molecular weight is 911 g/mol. The summed E-state index contributed by atoms with van der Waals surface area (Å²) >= 11 is 0. The normalized spacial score (nSPS) is 23.7. The number of hydrogen-bond acceptors (Lipinski definition) is 14. The number of allylic oxidation sites excluding steroid dienone is 12. The molecular weight excluding hydrogens is 835 g/mol. The molecule has 1 aliphatic carbocycles. The number of hydrogen-bond donors (Lipinski definition) is 8. The molecule has 10 atom stereocenters. The Kier molecular flexibility index (Phi) is 32.9. The van der Waals surface area contributed by atoms with E-state index in [0.29, 0.717) is 32.1 Å². The third-order valence-electron chi connectivity index (χ3n) is 9.57. The first-order chi connectivity index (χ1) is 30.2. The standard InChI is InChI=1S/C47H75O15P/c1-3-5-7-8-9-10-11-12-13-14-18-21-27-34-41(51)61-39(36-60-63(57,58)62-47-45(55)43(53)42(52)44(54)46(47)56)35-59-40(50)33-28-22-26-32-38(49)31-25-20-17-15-16-19-24-30-37(48)29-23-6-4-2/h6-8,10-11,16-17,19-20,23-26,30-32,37-39,42-49,52-56H,3-5,9,12-15,18,21-22,27-29,33-36H2,1-2H3,(H,57,58)/b8-7-,11-10-,19-16-,20-17-,23-6-,30-24+,31-25+,32-26-/t37-,38-,39-,42?,43-,44+,45-,46-,47?/m1/s1. The number of esters is 2. The van der Waals surface area contributed by atoms with E-state index in [1.807, 2.05) is 37.3 Å². The summed E-state index contributed by atoms with van der Waals surface area (Å²) in [6, 6.07) is 0. The van der Waals surface area contributed by atoms with Crippen molar-refractivity contribution in [3.63, 3.8) is 0 Å². The molecule has 358 valence electrons. The second kappa shape index (κ2) is 36.0. The lowest BCUT2D eigenvalue weighted by atomic mass is 9.85. The minimum atomic E-state index is -5.17. The molecule has 1 saturated carbocycles. The molecule has 0 aromatic heterocycles. The van der Waals surface area contributed by atoms with Gasteiger partial charge in [-0.15, -0.1) is 0 Å². The molecule has 1 fully saturated rings. The molecule has 8 N–H and O–H groups in total. The van der Waals surface area contributed by atoms with Crippen LogP contribution in [-0.4, -0.2) is 121 Å². The molecule has 63 heavy (non-hydrogen) atoms. The van der Waals surface area contributed by atoms with Crippen LogP contribution in [0.3, 0.4) is 0 Å². The highest BCUT2D eigenvalue weighted by Gasteiger charge is 2.51. The van der Waals surface area contributed by atoms with Crippen LogP contribution in [0.5, 0.6) is 0 Å². The summed E-state index contributed by atoms with van der Waals surface area (Å²) in [5.74, 6) is -1.31. The number of unbranched alkanes of at least 4 members (excludes halogenated alkanes) is 7. The molecule has 16 heteroatoms. The SMILES string of the molecule is CC/C=C\C[C@@H](O)/C=C/C=C\C/C=C\C=C\[C@@H](O)/C=C\CCCC(=O)OC[C@H](COP(=O)(O)OC1[C@H](O)[C@H](O)C(O)[C@H](O)[C@H]1O)OC(=O)CCCCCCC/C=C\C/C=C\CCC. The predicted molar refractivity (Wildman–Crippen MR) is 242 cm³/mol. The maximum absolute atomic E-state index is 12.8. The van der Waals surface area contributed by atoms with Crippen LogP contribution in [0.2, 0.25) is 0 Å². The lowest BCUT2D eigenvalue weighted by molar-refractivity contribution is -0.220. The van der Waals surface area contributed by atoms with E-state index < -0.39 is 87.9 Å². The van der Waals surface area contributed by atoms with Crippen molar-refractivity contribution in [2.45, 2.75) is 172 Å². The van der Waals surface area contributed by atoms with Crippen molar-refractivity contribution in [1.82, 2.24) is 0 Å². The molecule has 0 amide bonds. The lowest BCUT2D eigenvalue weighted by Gasteiger charge is -2.41. The molecule has 0 spiro atoms. The van der Waals surface area contributed by atoms with Gasteiger partial charge in [-0.2, -0.15) is 0 Å². The van der Waals surface area contributed by atoms with E-state index in [0.717, 1.165) is 57.8 Å². The van der Waals surface area contributed by atoms with Gasteiger partial charge in [-0.25, -0.2) is 4.57 Å². The van der Waals surface area contributed by atoms with Gasteiger partial charge in [0.2, 0.25) is 0 Å². The average Bonchev–Trinajstić information content (AvgIpc) is 3.25. The van der Waals surface area contributed by atoms with E-state index in [-0.39, 0.29) is 12.8 Å². The number of aliphatic hydroxyl groups is 7. The first kappa shape index (κ1) is 57.7. The summed E-state index contributed by atoms with van der Waals surface area (Å²) in [7, 11) is -5.17. The predicted octanol–water partition coefficient (Wildman–Crippen LogP) is 6.21. The molecule has 1 rings (SSSR count). The fourth-order valence-electron chi connectivity index (χ4n) is 5.95. The van der Waals surface area contributed by atoms with Crippen molar-refractivity contribution < 1.29 is 73.3 Å². The smallest absolute Gasteiger partial charge is 0.462 e. The number of ether oxygens (including phenoxy) is 2. The van der Waals surface area contributed by atoms with E-state index in [2.05, 4.69) is 31.2 Å². The number of phosphoric ester groups is 1. The van der Waals surface area contributed by atoms with Gasteiger partial charge < -0.3 is 50.1 Å². The minimum absolute atomic E-state index is 0.0283. The molecule has 1 aliphatic rings. The summed E-state index contributed by atoms with van der Waals surface area (Å²) in [5, 5.41) is 70.1. The van der Waals surface area contributed by atoms with Gasteiger partial charge in [0.25, 0.3) is 0 Å². The van der Waals surface area contributed by atoms with Crippen molar-refractivity contribution in [2.24, 2.45) is 0 Å². The fraction of sp³-hybridized carbons (Fsp3) is 0.617. The Morgan fingerprint density at radius 2 is 1.19 bits per heavy atom. The summed E-state index contributed by atoms with van der Waals surface area (Å²) in [4.78, 5) is 35.6. The van der Waals surface area contributed by atoms with Crippen LogP contribution in [0, 0.1) is 0 Å². The van der Waals surface area contributed by atoms with Gasteiger partial charge in [-0.3, -0.25) is 18.6 Å². The number of rotatable bonds is 34. The Morgan fingerprint density at radius 3 is 1.87 bits per heavy atom. The van der Waals surface area contributed by atoms with Crippen LogP contribution in [-0.2, 0) is 32.7 Å². The molecule has 0 heterocycles. The second-order valence-corrected chi connectivity index (χ2v) is 16.6. The van der Waals surface area contributed by atoms with E-state index >= 15 is 0 Å². The molecule has 0 bridgehead atoms. The number of carbonyl (C=O) groups is 2. The fourth-order valence-corrected chi connectivity index (χ4v) is 6.92. The zero-order valence-corrected chi connectivity index (χ0v) is 37.9. The highest BCUT2D eigenvalue weighted by molar-refractivity contribution is 7.47. The van der Waals surface area contributed by atoms with Gasteiger partial charge in [-0.1, -0.05) is 137 Å². The van der Waals surface area contributed by atoms with E-state index in [9.17, 15) is 54.8 Å². The van der Waals surface area contributed by atoms with Crippen molar-refractivity contribution in [1.29, 1.82) is 0 Å². The van der Waals surface area contributed by atoms with Crippen LogP contribution in [0.4, 0.5) is 0 Å². The van der Waals surface area contributed by atoms with Crippen LogP contribution < -0.4 is 0 Å². The Morgan fingerprint density at radius 1 is 0.603 bits per heavy atom. The van der Waals surface area contributed by atoms with Crippen molar-refractivity contribution in [2.75, 3.05) is 13.2 Å². The van der Waals surface area contributed by atoms with Gasteiger partial charge in [0, 0.05) is 12.8 Å². The van der Waals surface area contributed by atoms with Gasteiger partial charge in [0.1, 0.15) is 43.2 Å². The quantitative estimate of drug-likeness (QED) is 0.0117. The summed E-state index contributed by atoms with van der Waals surface area (Å²) in [5.41, 5.74) is 0. The first-order valence-electron chi connectivity index (χ1n) is 22.3. The molecular formula is C47H75O15P. The molecule has 3 unspecified atom stereocenters. The van der Waals surface area contributed by atoms with Crippen LogP contribution in [0.1, 0.15) is 117 Å². The Labute approximate surface area is 374 Å². The van der Waals surface area contributed by atoms with Crippen molar-refractivity contribution >= 4 is 19.8 Å². The van der Waals surface area contributed by atoms with Gasteiger partial charge in [0.05, 0.1) is 18.8 Å². The number of phosphoric acid groups is 1. The Balaban J connectivity index is 2.60. The molecule has 0 radical (unpaired) electrons. The van der Waals surface area contributed by atoms with E-state index in [1.165, 1.54) is 0 Å². The third kappa shape index (κ3) is 29.0. The second-order valence-electron chi connectivity index (χ2n) is 15.2. The van der Waals surface area contributed by atoms with E-state index in [1.54, 1.807) is 42.5 Å². The van der Waals surface area contributed by atoms with Crippen LogP contribution in [0.25, 0.3) is 0 Å². The van der Waals surface area contributed by atoms with Gasteiger partial charge in [-0.05, 0) is 64.2 Å². The van der Waals surface area contributed by atoms with Crippen LogP contribution >= 0.6 is 7.82 Å². The van der Waals surface area contributed by atoms with Crippen molar-refractivity contribution in [3.05, 3.63) is 97.2 Å². The molecule has 0 saturated heterocycles. The Bertz CT molecular complexity index is 1500. The maximum atomic E-state index is 12.8. The summed E-state index contributed by atoms with van der Waals surface area (Å²) < 4.78 is 33.3. The molecule has 0 aromatic rings. The highest BCUT2D eigenvalue weighted by Crippen LogP contribution is 2.47. The number of aliphatic hydroxyl groups excluding tert-OH is 7. The topological polar surface area (TPSA) is 250 Å². The highest BCUT2D eigenvalue weighted by atomic mass is 31.2. The molecule has 15 nitrogen and oxygen atoms in total.